The molecule has 1 atom stereocenters. The van der Waals surface area contributed by atoms with Crippen molar-refractivity contribution in [3.8, 4) is 11.5 Å². The molecular formula is C19H26FN7. The van der Waals surface area contributed by atoms with E-state index in [2.05, 4.69) is 46.3 Å². The van der Waals surface area contributed by atoms with Crippen LogP contribution in [-0.2, 0) is 13.6 Å². The van der Waals surface area contributed by atoms with E-state index in [1.807, 2.05) is 32.3 Å². The van der Waals surface area contributed by atoms with Crippen LogP contribution in [-0.4, -0.2) is 41.7 Å². The van der Waals surface area contributed by atoms with E-state index in [4.69, 9.17) is 0 Å². The zero-order valence-corrected chi connectivity index (χ0v) is 16.4. The third-order valence-electron chi connectivity index (χ3n) is 4.12. The molecule has 0 aliphatic carbocycles. The molecule has 3 heterocycles. The third kappa shape index (κ3) is 4.50. The highest BCUT2D eigenvalue weighted by Crippen LogP contribution is 2.25. The summed E-state index contributed by atoms with van der Waals surface area (Å²) in [5.41, 5.74) is 2.55. The Kier molecular flexibility index (Phi) is 5.25. The Hall–Kier alpha value is -2.77. The van der Waals surface area contributed by atoms with Gasteiger partial charge in [-0.3, -0.25) is 9.67 Å². The lowest BCUT2D eigenvalue weighted by Crippen LogP contribution is -2.26. The first-order chi connectivity index (χ1) is 12.8. The average molecular weight is 371 g/mol. The van der Waals surface area contributed by atoms with Crippen LogP contribution in [0.5, 0.6) is 0 Å². The Labute approximate surface area is 158 Å². The van der Waals surface area contributed by atoms with Gasteiger partial charge in [-0.05, 0) is 32.9 Å². The molecule has 0 saturated carbocycles. The quantitative estimate of drug-likeness (QED) is 0.719. The predicted octanol–water partition coefficient (Wildman–Crippen LogP) is 3.41. The van der Waals surface area contributed by atoms with Crippen molar-refractivity contribution in [3.05, 3.63) is 42.1 Å². The number of nitrogens with zero attached hydrogens (tertiary/aromatic N) is 6. The number of aromatic nitrogens is 6. The molecule has 0 amide bonds. The molecule has 0 fully saturated rings. The summed E-state index contributed by atoms with van der Waals surface area (Å²) in [6.45, 7) is 7.95. The van der Waals surface area contributed by atoms with Crippen LogP contribution in [0.15, 0.2) is 30.7 Å². The van der Waals surface area contributed by atoms with Crippen LogP contribution in [0.2, 0.25) is 0 Å². The van der Waals surface area contributed by atoms with E-state index >= 15 is 0 Å². The first kappa shape index (κ1) is 19.0. The summed E-state index contributed by atoms with van der Waals surface area (Å²) in [7, 11) is 1.87. The fourth-order valence-electron chi connectivity index (χ4n) is 2.87. The molecule has 0 bridgehead atoms. The summed E-state index contributed by atoms with van der Waals surface area (Å²) in [6, 6.07) is 3.83. The highest BCUT2D eigenvalue weighted by molar-refractivity contribution is 5.54. The lowest BCUT2D eigenvalue weighted by molar-refractivity contribution is 0.417. The standard InChI is InChI=1S/C19H26FN7/c1-13(14-10-22-26(5)12-14)18-23-17(25-27(18)9-8-20)16-7-6-15(11-21-16)24-19(2,3)4/h6-7,10-13,24H,8-9H2,1-5H3. The van der Waals surface area contributed by atoms with E-state index in [0.29, 0.717) is 17.3 Å². The van der Waals surface area contributed by atoms with Crippen LogP contribution in [0.1, 0.15) is 45.0 Å². The Balaban J connectivity index is 1.90. The minimum Gasteiger partial charge on any atom is -0.379 e. The van der Waals surface area contributed by atoms with Crippen LogP contribution in [0.3, 0.4) is 0 Å². The maximum atomic E-state index is 13.0. The van der Waals surface area contributed by atoms with Crippen molar-refractivity contribution in [1.82, 2.24) is 29.5 Å². The Bertz CT molecular complexity index is 890. The summed E-state index contributed by atoms with van der Waals surface area (Å²) >= 11 is 0. The Morgan fingerprint density at radius 1 is 1.22 bits per heavy atom. The number of pyridine rings is 1. The molecule has 0 aliphatic heterocycles. The summed E-state index contributed by atoms with van der Waals surface area (Å²) in [6.07, 6.45) is 5.49. The normalized spacial score (nSPS) is 13.0. The molecule has 144 valence electrons. The molecule has 0 radical (unpaired) electrons. The van der Waals surface area contributed by atoms with Crippen LogP contribution >= 0.6 is 0 Å². The van der Waals surface area contributed by atoms with Gasteiger partial charge in [-0.25, -0.2) is 14.1 Å². The van der Waals surface area contributed by atoms with Gasteiger partial charge in [-0.2, -0.15) is 5.10 Å². The SMILES string of the molecule is CC(c1cnn(C)c1)c1nc(-c2ccc(NC(C)(C)C)cn2)nn1CCF. The highest BCUT2D eigenvalue weighted by Gasteiger charge is 2.20. The smallest absolute Gasteiger partial charge is 0.200 e. The Morgan fingerprint density at radius 3 is 2.56 bits per heavy atom. The lowest BCUT2D eigenvalue weighted by Gasteiger charge is -2.21. The van der Waals surface area contributed by atoms with E-state index in [-0.39, 0.29) is 18.0 Å². The number of hydrogen-bond donors (Lipinski definition) is 1. The molecule has 0 aliphatic rings. The number of nitrogens with one attached hydrogen (secondary N) is 1. The van der Waals surface area contributed by atoms with E-state index in [9.17, 15) is 4.39 Å². The van der Waals surface area contributed by atoms with Gasteiger partial charge in [0.1, 0.15) is 18.2 Å². The summed E-state index contributed by atoms with van der Waals surface area (Å²) in [5, 5.41) is 12.1. The first-order valence-electron chi connectivity index (χ1n) is 9.00. The van der Waals surface area contributed by atoms with Crippen LogP contribution in [0, 0.1) is 0 Å². The van der Waals surface area contributed by atoms with Crippen LogP contribution in [0.25, 0.3) is 11.5 Å². The molecule has 0 saturated heterocycles. The maximum absolute atomic E-state index is 13.0. The molecule has 0 spiro atoms. The van der Waals surface area contributed by atoms with Crippen molar-refractivity contribution in [2.45, 2.75) is 45.7 Å². The third-order valence-corrected chi connectivity index (χ3v) is 4.12. The zero-order valence-electron chi connectivity index (χ0n) is 16.4. The van der Waals surface area contributed by atoms with E-state index in [0.717, 1.165) is 11.3 Å². The monoisotopic (exact) mass is 371 g/mol. The zero-order chi connectivity index (χ0) is 19.6. The van der Waals surface area contributed by atoms with Gasteiger partial charge in [0, 0.05) is 30.3 Å². The van der Waals surface area contributed by atoms with Crippen molar-refractivity contribution in [2.24, 2.45) is 7.05 Å². The van der Waals surface area contributed by atoms with Crippen molar-refractivity contribution in [1.29, 1.82) is 0 Å². The molecule has 3 rings (SSSR count). The summed E-state index contributed by atoms with van der Waals surface area (Å²) in [4.78, 5) is 9.13. The van der Waals surface area contributed by atoms with Gasteiger partial charge in [-0.15, -0.1) is 5.10 Å². The van der Waals surface area contributed by atoms with Crippen molar-refractivity contribution >= 4 is 5.69 Å². The number of hydrogen-bond acceptors (Lipinski definition) is 5. The topological polar surface area (TPSA) is 73.5 Å². The minimum atomic E-state index is -0.503. The lowest BCUT2D eigenvalue weighted by atomic mass is 10.0. The largest absolute Gasteiger partial charge is 0.379 e. The van der Waals surface area contributed by atoms with Gasteiger partial charge in [0.05, 0.1) is 24.6 Å². The minimum absolute atomic E-state index is 0.0452. The Morgan fingerprint density at radius 2 is 2.00 bits per heavy atom. The fourth-order valence-corrected chi connectivity index (χ4v) is 2.87. The molecule has 1 unspecified atom stereocenters. The van der Waals surface area contributed by atoms with Gasteiger partial charge in [0.15, 0.2) is 5.82 Å². The molecule has 7 nitrogen and oxygen atoms in total. The molecule has 3 aromatic heterocycles. The highest BCUT2D eigenvalue weighted by atomic mass is 19.1. The maximum Gasteiger partial charge on any atom is 0.200 e. The molecule has 3 aromatic rings. The van der Waals surface area contributed by atoms with Crippen molar-refractivity contribution < 1.29 is 4.39 Å². The number of aryl methyl sites for hydroxylation is 2. The number of anilines is 1. The molecule has 8 heteroatoms. The second-order valence-corrected chi connectivity index (χ2v) is 7.68. The first-order valence-corrected chi connectivity index (χ1v) is 9.00. The van der Waals surface area contributed by atoms with Crippen molar-refractivity contribution in [2.75, 3.05) is 12.0 Å². The summed E-state index contributed by atoms with van der Waals surface area (Å²) < 4.78 is 16.4. The van der Waals surface area contributed by atoms with E-state index in [1.165, 1.54) is 0 Å². The van der Waals surface area contributed by atoms with Gasteiger partial charge in [0.2, 0.25) is 0 Å². The molecule has 1 N–H and O–H groups in total. The molecule has 0 aromatic carbocycles. The molecule has 27 heavy (non-hydrogen) atoms. The van der Waals surface area contributed by atoms with Gasteiger partial charge in [0.25, 0.3) is 0 Å². The second kappa shape index (κ2) is 7.46. The van der Waals surface area contributed by atoms with Crippen molar-refractivity contribution in [3.63, 3.8) is 0 Å². The fraction of sp³-hybridized carbons (Fsp3) is 0.474. The number of alkyl halides is 1. The van der Waals surface area contributed by atoms with Crippen LogP contribution in [0.4, 0.5) is 10.1 Å². The van der Waals surface area contributed by atoms with E-state index < -0.39 is 6.67 Å². The number of rotatable bonds is 6. The van der Waals surface area contributed by atoms with Gasteiger partial charge in [-0.1, -0.05) is 6.92 Å². The molecular weight excluding hydrogens is 345 g/mol. The second-order valence-electron chi connectivity index (χ2n) is 7.68. The van der Waals surface area contributed by atoms with Gasteiger partial charge < -0.3 is 5.32 Å². The van der Waals surface area contributed by atoms with E-state index in [1.54, 1.807) is 21.8 Å². The number of halogens is 1. The predicted molar refractivity (Wildman–Crippen MR) is 103 cm³/mol. The average Bonchev–Trinajstić information content (AvgIpc) is 3.21. The van der Waals surface area contributed by atoms with Gasteiger partial charge >= 0.3 is 0 Å². The van der Waals surface area contributed by atoms with Crippen LogP contribution < -0.4 is 5.32 Å². The summed E-state index contributed by atoms with van der Waals surface area (Å²) in [5.74, 6) is 1.15.